The molecule has 4 nitrogen and oxygen atoms in total. The molecule has 2 rings (SSSR count). The monoisotopic (exact) mass is 536 g/mol. The van der Waals surface area contributed by atoms with Crippen LogP contribution >= 0.6 is 34.8 Å². The molecule has 33 heavy (non-hydrogen) atoms. The summed E-state index contributed by atoms with van der Waals surface area (Å²) in [5.41, 5.74) is -6.09. The number of carbonyl (C=O) groups excluding carboxylic acids is 1. The van der Waals surface area contributed by atoms with Crippen LogP contribution in [0.2, 0.25) is 15.1 Å². The van der Waals surface area contributed by atoms with E-state index in [1.807, 2.05) is 0 Å². The molecule has 3 N–H and O–H groups in total. The highest BCUT2D eigenvalue weighted by atomic mass is 35.5. The maximum absolute atomic E-state index is 13.8. The Kier molecular flexibility index (Phi) is 8.43. The molecular formula is C20H17Cl3F6N2O2. The molecule has 2 aromatic rings. The topological polar surface area (TPSA) is 61.4 Å². The van der Waals surface area contributed by atoms with Gasteiger partial charge in [-0.05, 0) is 35.4 Å². The van der Waals surface area contributed by atoms with Gasteiger partial charge >= 0.3 is 12.4 Å². The molecule has 1 atom stereocenters. The van der Waals surface area contributed by atoms with Crippen molar-refractivity contribution in [2.75, 3.05) is 11.9 Å². The van der Waals surface area contributed by atoms with Crippen LogP contribution in [0.4, 0.5) is 32.0 Å². The summed E-state index contributed by atoms with van der Waals surface area (Å²) in [7, 11) is 0. The summed E-state index contributed by atoms with van der Waals surface area (Å²) >= 11 is 17.3. The molecule has 13 heteroatoms. The van der Waals surface area contributed by atoms with Crippen molar-refractivity contribution in [1.29, 1.82) is 0 Å². The van der Waals surface area contributed by atoms with E-state index in [4.69, 9.17) is 34.8 Å². The second kappa shape index (κ2) is 10.2. The van der Waals surface area contributed by atoms with Crippen molar-refractivity contribution in [3.8, 4) is 0 Å². The minimum absolute atomic E-state index is 0.0652. The molecular weight excluding hydrogens is 521 g/mol. The van der Waals surface area contributed by atoms with E-state index < -0.39 is 48.1 Å². The van der Waals surface area contributed by atoms with E-state index in [2.05, 4.69) is 10.6 Å². The fourth-order valence-corrected chi connectivity index (χ4v) is 3.41. The lowest BCUT2D eigenvalue weighted by molar-refractivity contribution is -0.260. The lowest BCUT2D eigenvalue weighted by atomic mass is 9.92. The van der Waals surface area contributed by atoms with Crippen LogP contribution in [0.15, 0.2) is 30.3 Å². The van der Waals surface area contributed by atoms with Crippen LogP contribution in [0.1, 0.15) is 30.0 Å². The van der Waals surface area contributed by atoms with Gasteiger partial charge in [0, 0.05) is 18.7 Å². The van der Waals surface area contributed by atoms with E-state index in [9.17, 15) is 36.2 Å². The Morgan fingerprint density at radius 3 is 2.06 bits per heavy atom. The van der Waals surface area contributed by atoms with Crippen molar-refractivity contribution in [2.24, 2.45) is 0 Å². The van der Waals surface area contributed by atoms with Crippen molar-refractivity contribution in [3.05, 3.63) is 62.1 Å². The molecule has 0 aliphatic heterocycles. The van der Waals surface area contributed by atoms with Gasteiger partial charge in [0.05, 0.1) is 27.2 Å². The van der Waals surface area contributed by atoms with Gasteiger partial charge in [-0.3, -0.25) is 4.79 Å². The number of amides is 1. The van der Waals surface area contributed by atoms with Crippen LogP contribution in [0.25, 0.3) is 0 Å². The minimum Gasteiger partial charge on any atom is -0.381 e. The summed E-state index contributed by atoms with van der Waals surface area (Å²) in [6.45, 7) is -0.153. The summed E-state index contributed by atoms with van der Waals surface area (Å²) < 4.78 is 81.7. The zero-order valence-electron chi connectivity index (χ0n) is 16.8. The number of carbonyl (C=O) groups is 1. The molecule has 0 saturated carbocycles. The van der Waals surface area contributed by atoms with Gasteiger partial charge in [0.2, 0.25) is 11.5 Å². The lowest BCUT2D eigenvalue weighted by Crippen LogP contribution is -2.47. The number of benzene rings is 2. The van der Waals surface area contributed by atoms with Crippen LogP contribution < -0.4 is 10.6 Å². The first-order chi connectivity index (χ1) is 15.1. The number of hydrogen-bond donors (Lipinski definition) is 3. The van der Waals surface area contributed by atoms with Crippen molar-refractivity contribution < 1.29 is 36.2 Å². The fourth-order valence-electron chi connectivity index (χ4n) is 2.81. The zero-order valence-corrected chi connectivity index (χ0v) is 19.0. The van der Waals surface area contributed by atoms with Gasteiger partial charge in [-0.15, -0.1) is 0 Å². The molecule has 0 aliphatic carbocycles. The molecule has 182 valence electrons. The van der Waals surface area contributed by atoms with Crippen molar-refractivity contribution in [1.82, 2.24) is 5.32 Å². The normalized spacial score (nSPS) is 14.0. The maximum atomic E-state index is 13.8. The largest absolute Gasteiger partial charge is 0.423 e. The van der Waals surface area contributed by atoms with E-state index in [0.717, 1.165) is 24.3 Å². The first kappa shape index (κ1) is 27.4. The zero-order chi connectivity index (χ0) is 25.2. The highest BCUT2D eigenvalue weighted by Gasteiger charge is 2.55. The number of anilines is 1. The standard InChI is InChI=1S/C20H17Cl3F6N2O2/c1-2-16(32)30-8-10-3-4-12(7-13(10)19(24,25)26)31-9-18(33,20(27,28)29)11-5-14(21)17(23)15(22)6-11/h3-7,31,33H,2,8-9H2,1H3,(H,30,32)/t18-/m1/s1. The van der Waals surface area contributed by atoms with E-state index >= 15 is 0 Å². The predicted molar refractivity (Wildman–Crippen MR) is 113 cm³/mol. The lowest BCUT2D eigenvalue weighted by Gasteiger charge is -2.32. The molecule has 0 aliphatic rings. The molecule has 1 amide bonds. The summed E-state index contributed by atoms with van der Waals surface area (Å²) in [4.78, 5) is 11.4. The average Bonchev–Trinajstić information content (AvgIpc) is 2.72. The molecule has 0 unspecified atom stereocenters. The van der Waals surface area contributed by atoms with Gasteiger partial charge in [-0.25, -0.2) is 0 Å². The minimum atomic E-state index is -5.25. The number of halogens is 9. The van der Waals surface area contributed by atoms with Crippen LogP contribution in [-0.2, 0) is 23.1 Å². The van der Waals surface area contributed by atoms with Crippen molar-refractivity contribution in [2.45, 2.75) is 37.8 Å². The second-order valence-corrected chi connectivity index (χ2v) is 8.16. The van der Waals surface area contributed by atoms with Crippen molar-refractivity contribution in [3.63, 3.8) is 0 Å². The molecule has 0 radical (unpaired) electrons. The number of nitrogens with one attached hydrogen (secondary N) is 2. The van der Waals surface area contributed by atoms with Crippen molar-refractivity contribution >= 4 is 46.4 Å². The number of rotatable bonds is 7. The van der Waals surface area contributed by atoms with Gasteiger partial charge in [-0.2, -0.15) is 26.3 Å². The molecule has 0 bridgehead atoms. The van der Waals surface area contributed by atoms with E-state index in [0.29, 0.717) is 6.07 Å². The van der Waals surface area contributed by atoms with E-state index in [-0.39, 0.29) is 32.7 Å². The number of aliphatic hydroxyl groups is 1. The maximum Gasteiger partial charge on any atom is 0.423 e. The Morgan fingerprint density at radius 1 is 1.00 bits per heavy atom. The summed E-state index contributed by atoms with van der Waals surface area (Å²) in [6.07, 6.45) is -10.0. The molecule has 0 saturated heterocycles. The molecule has 0 spiro atoms. The molecule has 0 heterocycles. The van der Waals surface area contributed by atoms with Gasteiger partial charge in [0.15, 0.2) is 0 Å². The second-order valence-electron chi connectivity index (χ2n) is 6.97. The van der Waals surface area contributed by atoms with Gasteiger partial charge < -0.3 is 15.7 Å². The molecule has 2 aromatic carbocycles. The first-order valence-corrected chi connectivity index (χ1v) is 10.4. The Morgan fingerprint density at radius 2 is 1.58 bits per heavy atom. The third-order valence-electron chi connectivity index (χ3n) is 4.69. The van der Waals surface area contributed by atoms with E-state index in [1.54, 1.807) is 0 Å². The summed E-state index contributed by atoms with van der Waals surface area (Å²) in [6, 6.07) is 4.24. The summed E-state index contributed by atoms with van der Waals surface area (Å²) in [5, 5.41) is 14.0. The number of alkyl halides is 6. The SMILES string of the molecule is CCC(=O)NCc1ccc(NC[C@@](O)(c2cc(Cl)c(Cl)c(Cl)c2)C(F)(F)F)cc1C(F)(F)F. The Balaban J connectivity index is 2.39. The highest BCUT2D eigenvalue weighted by Crippen LogP contribution is 2.43. The molecule has 0 fully saturated rings. The van der Waals surface area contributed by atoms with Crippen LogP contribution in [0, 0.1) is 0 Å². The Hall–Kier alpha value is -1.88. The average molecular weight is 538 g/mol. The van der Waals surface area contributed by atoms with E-state index in [1.165, 1.54) is 6.92 Å². The Labute approximate surface area is 199 Å². The third kappa shape index (κ3) is 6.38. The van der Waals surface area contributed by atoms with Crippen LogP contribution in [-0.4, -0.2) is 23.7 Å². The van der Waals surface area contributed by atoms with Crippen LogP contribution in [0.5, 0.6) is 0 Å². The van der Waals surface area contributed by atoms with Gasteiger partial charge in [0.25, 0.3) is 0 Å². The quantitative estimate of drug-likeness (QED) is 0.277. The van der Waals surface area contributed by atoms with Gasteiger partial charge in [0.1, 0.15) is 0 Å². The predicted octanol–water partition coefficient (Wildman–Crippen LogP) is 6.55. The third-order valence-corrected chi connectivity index (χ3v) is 5.89. The number of hydrogen-bond acceptors (Lipinski definition) is 3. The smallest absolute Gasteiger partial charge is 0.381 e. The van der Waals surface area contributed by atoms with Gasteiger partial charge in [-0.1, -0.05) is 47.8 Å². The molecule has 0 aromatic heterocycles. The first-order valence-electron chi connectivity index (χ1n) is 9.25. The highest BCUT2D eigenvalue weighted by molar-refractivity contribution is 6.48. The summed E-state index contributed by atoms with van der Waals surface area (Å²) in [5.74, 6) is -0.471. The Bertz CT molecular complexity index is 1010. The fraction of sp³-hybridized carbons (Fsp3) is 0.350. The van der Waals surface area contributed by atoms with Crippen LogP contribution in [0.3, 0.4) is 0 Å².